The molecule has 116 valence electrons. The molecule has 1 amide bonds. The van der Waals surface area contributed by atoms with Gasteiger partial charge in [0.05, 0.1) is 6.04 Å². The van der Waals surface area contributed by atoms with Crippen molar-refractivity contribution in [2.24, 2.45) is 5.73 Å². The van der Waals surface area contributed by atoms with Gasteiger partial charge in [0.15, 0.2) is 0 Å². The van der Waals surface area contributed by atoms with Crippen LogP contribution in [0.15, 0.2) is 18.3 Å². The largest absolute Gasteiger partial charge is 0.368 e. The minimum Gasteiger partial charge on any atom is -0.368 e. The Hall–Kier alpha value is -1.69. The number of nitrogens with zero attached hydrogens (tertiary/aromatic N) is 3. The summed E-state index contributed by atoms with van der Waals surface area (Å²) in [6.07, 6.45) is 0.983. The zero-order chi connectivity index (χ0) is 15.6. The summed E-state index contributed by atoms with van der Waals surface area (Å²) < 4.78 is 13.5. The number of amides is 1. The molecular formula is C15H23FN4O. The van der Waals surface area contributed by atoms with E-state index in [1.54, 1.807) is 11.1 Å². The third kappa shape index (κ3) is 3.69. The monoisotopic (exact) mass is 294 g/mol. The van der Waals surface area contributed by atoms with E-state index in [0.29, 0.717) is 12.6 Å². The third-order valence-corrected chi connectivity index (χ3v) is 4.01. The minimum atomic E-state index is -0.984. The highest BCUT2D eigenvalue weighted by molar-refractivity contribution is 5.80. The molecule has 6 heteroatoms. The van der Waals surface area contributed by atoms with Gasteiger partial charge in [-0.15, -0.1) is 0 Å². The van der Waals surface area contributed by atoms with Gasteiger partial charge >= 0.3 is 0 Å². The Balaban J connectivity index is 2.04. The van der Waals surface area contributed by atoms with Gasteiger partial charge in [-0.25, -0.2) is 9.37 Å². The molecule has 2 N–H and O–H groups in total. The van der Waals surface area contributed by atoms with Gasteiger partial charge in [-0.1, -0.05) is 6.07 Å². The van der Waals surface area contributed by atoms with E-state index in [1.807, 2.05) is 19.2 Å². The van der Waals surface area contributed by atoms with E-state index in [4.69, 9.17) is 5.73 Å². The Morgan fingerprint density at radius 3 is 2.81 bits per heavy atom. The molecular weight excluding hydrogens is 271 g/mol. The molecule has 1 aliphatic rings. The average Bonchev–Trinajstić information content (AvgIpc) is 2.80. The summed E-state index contributed by atoms with van der Waals surface area (Å²) in [5, 5.41) is 0. The first-order chi connectivity index (χ1) is 9.88. The first kappa shape index (κ1) is 15.7. The van der Waals surface area contributed by atoms with Crippen molar-refractivity contribution in [1.29, 1.82) is 0 Å². The fourth-order valence-electron chi connectivity index (χ4n) is 2.54. The van der Waals surface area contributed by atoms with Crippen LogP contribution in [0.3, 0.4) is 0 Å². The maximum atomic E-state index is 13.5. The number of rotatable bonds is 5. The molecule has 0 unspecified atom stereocenters. The number of aromatic nitrogens is 1. The maximum absolute atomic E-state index is 13.5. The summed E-state index contributed by atoms with van der Waals surface area (Å²) in [5.41, 5.74) is 6.29. The van der Waals surface area contributed by atoms with Crippen LogP contribution in [0.2, 0.25) is 0 Å². The molecule has 1 aromatic heterocycles. The van der Waals surface area contributed by atoms with E-state index >= 15 is 0 Å². The first-order valence-corrected chi connectivity index (χ1v) is 7.23. The molecule has 0 aromatic carbocycles. The molecule has 2 atom stereocenters. The van der Waals surface area contributed by atoms with E-state index < -0.39 is 18.1 Å². The van der Waals surface area contributed by atoms with Crippen LogP contribution >= 0.6 is 0 Å². The van der Waals surface area contributed by atoms with Crippen molar-refractivity contribution in [3.63, 3.8) is 0 Å². The van der Waals surface area contributed by atoms with Crippen LogP contribution in [-0.2, 0) is 11.3 Å². The Morgan fingerprint density at radius 2 is 2.29 bits per heavy atom. The second-order valence-electron chi connectivity index (χ2n) is 5.91. The Morgan fingerprint density at radius 1 is 1.57 bits per heavy atom. The fourth-order valence-corrected chi connectivity index (χ4v) is 2.54. The molecule has 0 spiro atoms. The normalized spacial score (nSPS) is 22.7. The Bertz CT molecular complexity index is 491. The van der Waals surface area contributed by atoms with Crippen molar-refractivity contribution in [2.75, 3.05) is 18.5 Å². The number of primary amides is 1. The van der Waals surface area contributed by atoms with Gasteiger partial charge < -0.3 is 10.6 Å². The van der Waals surface area contributed by atoms with E-state index in [9.17, 15) is 9.18 Å². The van der Waals surface area contributed by atoms with Crippen LogP contribution in [0.5, 0.6) is 0 Å². The predicted molar refractivity (Wildman–Crippen MR) is 80.7 cm³/mol. The summed E-state index contributed by atoms with van der Waals surface area (Å²) in [4.78, 5) is 19.6. The third-order valence-electron chi connectivity index (χ3n) is 4.01. The van der Waals surface area contributed by atoms with Crippen molar-refractivity contribution in [3.05, 3.63) is 23.9 Å². The lowest BCUT2D eigenvalue weighted by Crippen LogP contribution is -2.39. The Labute approximate surface area is 124 Å². The zero-order valence-corrected chi connectivity index (χ0v) is 12.8. The smallest absolute Gasteiger partial charge is 0.234 e. The van der Waals surface area contributed by atoms with Crippen molar-refractivity contribution in [1.82, 2.24) is 9.88 Å². The molecule has 0 bridgehead atoms. The SMILES string of the molecule is CC(C)N(C)c1ccc(CN2C[C@H](F)C[C@H]2C(N)=O)cn1. The molecule has 1 aliphatic heterocycles. The van der Waals surface area contributed by atoms with Gasteiger partial charge in [-0.2, -0.15) is 0 Å². The van der Waals surface area contributed by atoms with Crippen LogP contribution in [0.25, 0.3) is 0 Å². The van der Waals surface area contributed by atoms with Gasteiger partial charge in [0.1, 0.15) is 12.0 Å². The van der Waals surface area contributed by atoms with E-state index in [2.05, 4.69) is 23.7 Å². The number of halogens is 1. The number of likely N-dealkylation sites (tertiary alicyclic amines) is 1. The van der Waals surface area contributed by atoms with Gasteiger partial charge in [-0.05, 0) is 25.5 Å². The molecule has 5 nitrogen and oxygen atoms in total. The second-order valence-corrected chi connectivity index (χ2v) is 5.91. The van der Waals surface area contributed by atoms with E-state index in [1.165, 1.54) is 0 Å². The lowest BCUT2D eigenvalue weighted by molar-refractivity contribution is -0.122. The minimum absolute atomic E-state index is 0.191. The molecule has 1 saturated heterocycles. The second kappa shape index (κ2) is 6.39. The molecule has 2 heterocycles. The zero-order valence-electron chi connectivity index (χ0n) is 12.8. The van der Waals surface area contributed by atoms with E-state index in [0.717, 1.165) is 11.4 Å². The van der Waals surface area contributed by atoms with Crippen LogP contribution in [0.4, 0.5) is 10.2 Å². The predicted octanol–water partition coefficient (Wildman–Crippen LogP) is 1.32. The number of anilines is 1. The molecule has 0 radical (unpaired) electrons. The van der Waals surface area contributed by atoms with Crippen molar-refractivity contribution < 1.29 is 9.18 Å². The van der Waals surface area contributed by atoms with Crippen molar-refractivity contribution in [3.8, 4) is 0 Å². The standard InChI is InChI=1S/C15H23FN4O/c1-10(2)19(3)14-5-4-11(7-18-14)8-20-9-12(16)6-13(20)15(17)21/h4-5,7,10,12-13H,6,8-9H2,1-3H3,(H2,17,21)/t12-,13+/m1/s1. The lowest BCUT2D eigenvalue weighted by atomic mass is 10.2. The average molecular weight is 294 g/mol. The lowest BCUT2D eigenvalue weighted by Gasteiger charge is -2.24. The number of pyridine rings is 1. The highest BCUT2D eigenvalue weighted by Gasteiger charge is 2.35. The molecule has 1 fully saturated rings. The summed E-state index contributed by atoms with van der Waals surface area (Å²) in [6.45, 7) is 4.94. The topological polar surface area (TPSA) is 62.5 Å². The molecule has 21 heavy (non-hydrogen) atoms. The van der Waals surface area contributed by atoms with Crippen molar-refractivity contribution >= 4 is 11.7 Å². The van der Waals surface area contributed by atoms with Crippen LogP contribution in [0, 0.1) is 0 Å². The fraction of sp³-hybridized carbons (Fsp3) is 0.600. The Kier molecular flexibility index (Phi) is 4.77. The summed E-state index contributed by atoms with van der Waals surface area (Å²) in [7, 11) is 1.99. The van der Waals surface area contributed by atoms with Gasteiger partial charge in [0, 0.05) is 38.8 Å². The molecule has 2 rings (SSSR count). The highest BCUT2D eigenvalue weighted by atomic mass is 19.1. The van der Waals surface area contributed by atoms with Crippen LogP contribution < -0.4 is 10.6 Å². The number of nitrogens with two attached hydrogens (primary N) is 1. The van der Waals surface area contributed by atoms with E-state index in [-0.39, 0.29) is 13.0 Å². The quantitative estimate of drug-likeness (QED) is 0.890. The number of carbonyl (C=O) groups excluding carboxylic acids is 1. The molecule has 0 saturated carbocycles. The van der Waals surface area contributed by atoms with Gasteiger partial charge in [0.25, 0.3) is 0 Å². The summed E-state index contributed by atoms with van der Waals surface area (Å²) in [6, 6.07) is 3.76. The molecule has 0 aliphatic carbocycles. The number of hydrogen-bond acceptors (Lipinski definition) is 4. The first-order valence-electron chi connectivity index (χ1n) is 7.23. The van der Waals surface area contributed by atoms with Gasteiger partial charge in [0.2, 0.25) is 5.91 Å². The van der Waals surface area contributed by atoms with Crippen LogP contribution in [-0.4, -0.2) is 47.6 Å². The van der Waals surface area contributed by atoms with Gasteiger partial charge in [-0.3, -0.25) is 9.69 Å². The maximum Gasteiger partial charge on any atom is 0.234 e. The number of hydrogen-bond donors (Lipinski definition) is 1. The number of alkyl halides is 1. The molecule has 1 aromatic rings. The van der Waals surface area contributed by atoms with Crippen LogP contribution in [0.1, 0.15) is 25.8 Å². The highest BCUT2D eigenvalue weighted by Crippen LogP contribution is 2.23. The summed E-state index contributed by atoms with van der Waals surface area (Å²) >= 11 is 0. The number of carbonyl (C=O) groups is 1. The summed E-state index contributed by atoms with van der Waals surface area (Å²) in [5.74, 6) is 0.435. The van der Waals surface area contributed by atoms with Crippen molar-refractivity contribution in [2.45, 2.75) is 45.1 Å².